The van der Waals surface area contributed by atoms with Crippen molar-refractivity contribution in [2.75, 3.05) is 62.6 Å². The first kappa shape index (κ1) is 24.6. The maximum Gasteiger partial charge on any atom is 0.328 e. The number of amides is 3. The van der Waals surface area contributed by atoms with E-state index in [1.165, 1.54) is 18.1 Å². The largest absolute Gasteiger partial charge is 0.383 e. The number of aromatic nitrogens is 2. The summed E-state index contributed by atoms with van der Waals surface area (Å²) in [5.74, 6) is 0.312. The molecule has 0 aliphatic carbocycles. The molecule has 0 unspecified atom stereocenters. The van der Waals surface area contributed by atoms with Crippen LogP contribution in [0.5, 0.6) is 0 Å². The summed E-state index contributed by atoms with van der Waals surface area (Å²) in [6.45, 7) is 2.03. The number of hydrogen-bond donors (Lipinski definition) is 2. The number of ether oxygens (including phenoxy) is 2. The maximum atomic E-state index is 12.8. The smallest absolute Gasteiger partial charge is 0.328 e. The molecule has 3 rings (SSSR count). The molecule has 1 aliphatic rings. The van der Waals surface area contributed by atoms with Gasteiger partial charge >= 0.3 is 6.03 Å². The van der Waals surface area contributed by atoms with E-state index in [1.807, 2.05) is 6.07 Å². The Morgan fingerprint density at radius 3 is 2.97 bits per heavy atom. The second kappa shape index (κ2) is 11.7. The van der Waals surface area contributed by atoms with Crippen LogP contribution in [0.15, 0.2) is 24.4 Å². The molecule has 34 heavy (non-hydrogen) atoms. The lowest BCUT2D eigenvalue weighted by Gasteiger charge is -2.27. The van der Waals surface area contributed by atoms with Gasteiger partial charge in [0, 0.05) is 51.6 Å². The average molecular weight is 467 g/mol. The number of nitriles is 1. The predicted octanol–water partition coefficient (Wildman–Crippen LogP) is 1.25. The van der Waals surface area contributed by atoms with Crippen molar-refractivity contribution in [1.29, 1.82) is 5.26 Å². The Hall–Kier alpha value is -4.08. The third-order valence-corrected chi connectivity index (χ3v) is 5.08. The van der Waals surface area contributed by atoms with Crippen LogP contribution in [-0.4, -0.2) is 80.2 Å². The Balaban J connectivity index is 1.71. The minimum Gasteiger partial charge on any atom is -0.383 e. The van der Waals surface area contributed by atoms with Crippen LogP contribution in [0, 0.1) is 11.3 Å². The summed E-state index contributed by atoms with van der Waals surface area (Å²) in [6.07, 6.45) is 1.95. The van der Waals surface area contributed by atoms with Gasteiger partial charge in [0.05, 0.1) is 24.5 Å². The van der Waals surface area contributed by atoms with Crippen molar-refractivity contribution in [2.24, 2.45) is 0 Å². The molecule has 1 aliphatic heterocycles. The summed E-state index contributed by atoms with van der Waals surface area (Å²) < 4.78 is 10.1. The van der Waals surface area contributed by atoms with E-state index in [4.69, 9.17) is 9.47 Å². The van der Waals surface area contributed by atoms with Gasteiger partial charge in [-0.15, -0.1) is 0 Å². The number of carbonyl (C=O) groups excluding carboxylic acids is 3. The predicted molar refractivity (Wildman–Crippen MR) is 123 cm³/mol. The number of rotatable bonds is 9. The van der Waals surface area contributed by atoms with Gasteiger partial charge in [-0.1, -0.05) is 6.07 Å². The quantitative estimate of drug-likeness (QED) is 0.410. The highest BCUT2D eigenvalue weighted by Crippen LogP contribution is 2.20. The Kier molecular flexibility index (Phi) is 8.44. The first-order chi connectivity index (χ1) is 16.5. The van der Waals surface area contributed by atoms with Gasteiger partial charge in [0.15, 0.2) is 6.29 Å². The lowest BCUT2D eigenvalue weighted by atomic mass is 10.1. The molecule has 2 aromatic heterocycles. The van der Waals surface area contributed by atoms with Crippen molar-refractivity contribution in [1.82, 2.24) is 14.9 Å². The summed E-state index contributed by atoms with van der Waals surface area (Å²) >= 11 is 0. The van der Waals surface area contributed by atoms with Crippen LogP contribution in [0.1, 0.15) is 21.6 Å². The Morgan fingerprint density at radius 1 is 1.44 bits per heavy atom. The molecule has 0 radical (unpaired) electrons. The number of methoxy groups -OCH3 is 1. The second-order valence-corrected chi connectivity index (χ2v) is 7.34. The van der Waals surface area contributed by atoms with Crippen LogP contribution < -0.4 is 15.5 Å². The molecule has 3 heterocycles. The number of hydrogen-bond acceptors (Lipinski definition) is 9. The minimum atomic E-state index is -0.541. The van der Waals surface area contributed by atoms with E-state index >= 15 is 0 Å². The van der Waals surface area contributed by atoms with Crippen molar-refractivity contribution in [3.05, 3.63) is 41.2 Å². The zero-order valence-electron chi connectivity index (χ0n) is 18.9. The topological polar surface area (TPSA) is 150 Å². The number of pyridine rings is 2. The van der Waals surface area contributed by atoms with E-state index in [1.54, 1.807) is 30.2 Å². The summed E-state index contributed by atoms with van der Waals surface area (Å²) in [5, 5.41) is 15.0. The SMILES string of the molecule is COCCNc1cc(NC(=O)N(C)c2ccc(CN3CCOCC3=O)c(C=O)n2)ncc1C#N. The summed E-state index contributed by atoms with van der Waals surface area (Å²) in [4.78, 5) is 47.6. The Bertz CT molecular complexity index is 1100. The van der Waals surface area contributed by atoms with Gasteiger partial charge in [-0.25, -0.2) is 14.8 Å². The van der Waals surface area contributed by atoms with Crippen LogP contribution in [0.4, 0.5) is 22.1 Å². The number of nitrogens with one attached hydrogen (secondary N) is 2. The molecule has 0 saturated carbocycles. The molecule has 3 amide bonds. The lowest BCUT2D eigenvalue weighted by Crippen LogP contribution is -2.41. The fourth-order valence-corrected chi connectivity index (χ4v) is 3.18. The van der Waals surface area contributed by atoms with E-state index in [-0.39, 0.29) is 36.4 Å². The molecule has 0 bridgehead atoms. The van der Waals surface area contributed by atoms with E-state index < -0.39 is 6.03 Å². The maximum absolute atomic E-state index is 12.8. The van der Waals surface area contributed by atoms with Crippen LogP contribution in [0.3, 0.4) is 0 Å². The van der Waals surface area contributed by atoms with Crippen LogP contribution in [0.25, 0.3) is 0 Å². The minimum absolute atomic E-state index is 0.0117. The molecule has 2 N–H and O–H groups in total. The molecule has 12 heteroatoms. The van der Waals surface area contributed by atoms with Gasteiger partial charge in [-0.2, -0.15) is 5.26 Å². The molecule has 0 atom stereocenters. The van der Waals surface area contributed by atoms with Crippen LogP contribution >= 0.6 is 0 Å². The standard InChI is InChI=1S/C22H25N7O5/c1-28(22(32)27-19-9-17(24-5-7-33-2)16(10-23)11-25-19)20-4-3-15(18(13-30)26-20)12-29-6-8-34-14-21(29)31/h3-4,9,11,13H,5-8,12,14H2,1-2H3,(H2,24,25,27,32). The molecular weight excluding hydrogens is 442 g/mol. The third-order valence-electron chi connectivity index (χ3n) is 5.08. The highest BCUT2D eigenvalue weighted by atomic mass is 16.5. The zero-order valence-corrected chi connectivity index (χ0v) is 18.9. The van der Waals surface area contributed by atoms with Crippen LogP contribution in [-0.2, 0) is 20.8 Å². The van der Waals surface area contributed by atoms with Gasteiger partial charge in [0.25, 0.3) is 0 Å². The number of urea groups is 1. The molecule has 12 nitrogen and oxygen atoms in total. The number of anilines is 3. The van der Waals surface area contributed by atoms with Gasteiger partial charge in [0.2, 0.25) is 5.91 Å². The monoisotopic (exact) mass is 467 g/mol. The molecule has 1 fully saturated rings. The van der Waals surface area contributed by atoms with Crippen molar-refractivity contribution < 1.29 is 23.9 Å². The van der Waals surface area contributed by atoms with Gasteiger partial charge in [-0.05, 0) is 6.07 Å². The molecular formula is C22H25N7O5. The molecule has 178 valence electrons. The van der Waals surface area contributed by atoms with E-state index in [9.17, 15) is 19.6 Å². The highest BCUT2D eigenvalue weighted by molar-refractivity contribution is 6.00. The van der Waals surface area contributed by atoms with Gasteiger partial charge in [-0.3, -0.25) is 19.8 Å². The first-order valence-electron chi connectivity index (χ1n) is 10.4. The fraction of sp³-hybridized carbons (Fsp3) is 0.364. The van der Waals surface area contributed by atoms with Crippen molar-refractivity contribution in [2.45, 2.75) is 6.54 Å². The average Bonchev–Trinajstić information content (AvgIpc) is 2.85. The van der Waals surface area contributed by atoms with E-state index in [2.05, 4.69) is 20.6 Å². The number of aldehydes is 1. The molecule has 0 spiro atoms. The van der Waals surface area contributed by atoms with Crippen molar-refractivity contribution in [3.63, 3.8) is 0 Å². The second-order valence-electron chi connectivity index (χ2n) is 7.34. The van der Waals surface area contributed by atoms with Gasteiger partial charge in [0.1, 0.15) is 30.0 Å². The van der Waals surface area contributed by atoms with Crippen LogP contribution in [0.2, 0.25) is 0 Å². The fourth-order valence-electron chi connectivity index (χ4n) is 3.18. The highest BCUT2D eigenvalue weighted by Gasteiger charge is 2.21. The summed E-state index contributed by atoms with van der Waals surface area (Å²) in [6, 6.07) is 6.30. The Labute approximate surface area is 196 Å². The van der Waals surface area contributed by atoms with Crippen molar-refractivity contribution in [3.8, 4) is 6.07 Å². The lowest BCUT2D eigenvalue weighted by molar-refractivity contribution is -0.143. The molecule has 2 aromatic rings. The van der Waals surface area contributed by atoms with Gasteiger partial charge < -0.3 is 19.7 Å². The zero-order chi connectivity index (χ0) is 24.5. The molecule has 1 saturated heterocycles. The van der Waals surface area contributed by atoms with E-state index in [0.717, 1.165) is 0 Å². The third kappa shape index (κ3) is 6.03. The number of nitrogens with zero attached hydrogens (tertiary/aromatic N) is 5. The normalized spacial score (nSPS) is 13.2. The first-order valence-corrected chi connectivity index (χ1v) is 10.4. The van der Waals surface area contributed by atoms with E-state index in [0.29, 0.717) is 49.4 Å². The summed E-state index contributed by atoms with van der Waals surface area (Å²) in [5.41, 5.74) is 1.55. The Morgan fingerprint density at radius 2 is 2.26 bits per heavy atom. The number of carbonyl (C=O) groups is 3. The van der Waals surface area contributed by atoms with Crippen molar-refractivity contribution >= 4 is 35.5 Å². The summed E-state index contributed by atoms with van der Waals surface area (Å²) in [7, 11) is 3.07. The molecule has 0 aromatic carbocycles. The number of morpholine rings is 1.